The Morgan fingerprint density at radius 1 is 1.11 bits per heavy atom. The van der Waals surface area contributed by atoms with E-state index in [-0.39, 0.29) is 0 Å². The van der Waals surface area contributed by atoms with Crippen LogP contribution in [0, 0.1) is 0 Å². The van der Waals surface area contributed by atoms with Gasteiger partial charge in [-0.15, -0.1) is 0 Å². The van der Waals surface area contributed by atoms with Crippen molar-refractivity contribution in [3.8, 4) is 0 Å². The molecule has 2 fully saturated rings. The van der Waals surface area contributed by atoms with Crippen LogP contribution in [0.4, 0.5) is 0 Å². The molecule has 106 valence electrons. The second-order valence-corrected chi connectivity index (χ2v) is 6.30. The zero-order valence-corrected chi connectivity index (χ0v) is 12.3. The van der Waals surface area contributed by atoms with Crippen LogP contribution < -0.4 is 5.32 Å². The van der Waals surface area contributed by atoms with Crippen LogP contribution >= 0.6 is 0 Å². The Morgan fingerprint density at radius 3 is 2.33 bits per heavy atom. The van der Waals surface area contributed by atoms with Crippen LogP contribution in [0.15, 0.2) is 0 Å². The van der Waals surface area contributed by atoms with Crippen molar-refractivity contribution in [2.24, 2.45) is 0 Å². The van der Waals surface area contributed by atoms with Crippen molar-refractivity contribution in [3.63, 3.8) is 0 Å². The van der Waals surface area contributed by atoms with Crippen LogP contribution in [-0.2, 0) is 4.74 Å². The summed E-state index contributed by atoms with van der Waals surface area (Å²) in [4.78, 5) is 2.58. The zero-order chi connectivity index (χ0) is 13.0. The summed E-state index contributed by atoms with van der Waals surface area (Å²) in [6.45, 7) is 10.0. The Kier molecular flexibility index (Phi) is 5.46. The van der Waals surface area contributed by atoms with Crippen molar-refractivity contribution in [3.05, 3.63) is 0 Å². The van der Waals surface area contributed by atoms with Gasteiger partial charge in [-0.25, -0.2) is 0 Å². The smallest absolute Gasteiger partial charge is 0.0678 e. The summed E-state index contributed by atoms with van der Waals surface area (Å²) in [7, 11) is 0. The van der Waals surface area contributed by atoms with Gasteiger partial charge in [-0.2, -0.15) is 0 Å². The average molecular weight is 254 g/mol. The van der Waals surface area contributed by atoms with Gasteiger partial charge in [0.2, 0.25) is 0 Å². The van der Waals surface area contributed by atoms with E-state index in [1.807, 2.05) is 0 Å². The van der Waals surface area contributed by atoms with E-state index < -0.39 is 0 Å². The highest BCUT2D eigenvalue weighted by Crippen LogP contribution is 2.18. The lowest BCUT2D eigenvalue weighted by Gasteiger charge is -2.39. The Balaban J connectivity index is 1.71. The van der Waals surface area contributed by atoms with Crippen molar-refractivity contribution < 1.29 is 4.74 Å². The van der Waals surface area contributed by atoms with Crippen LogP contribution in [0.1, 0.15) is 52.9 Å². The van der Waals surface area contributed by atoms with E-state index in [1.54, 1.807) is 0 Å². The fourth-order valence-electron chi connectivity index (χ4n) is 3.35. The molecule has 2 rings (SSSR count). The minimum Gasteiger partial charge on any atom is -0.373 e. The molecule has 3 heteroatoms. The fourth-order valence-corrected chi connectivity index (χ4v) is 3.35. The Hall–Kier alpha value is -0.120. The summed E-state index contributed by atoms with van der Waals surface area (Å²) in [6.07, 6.45) is 7.78. The summed E-state index contributed by atoms with van der Waals surface area (Å²) >= 11 is 0. The molecule has 1 saturated carbocycles. The predicted molar refractivity (Wildman–Crippen MR) is 75.9 cm³/mol. The minimum absolute atomic E-state index is 0.380. The molecule has 0 spiro atoms. The first-order valence-corrected chi connectivity index (χ1v) is 7.78. The largest absolute Gasteiger partial charge is 0.373 e. The molecule has 1 aliphatic heterocycles. The van der Waals surface area contributed by atoms with Crippen molar-refractivity contribution >= 4 is 0 Å². The second-order valence-electron chi connectivity index (χ2n) is 6.30. The Labute approximate surface area is 112 Å². The molecular weight excluding hydrogens is 224 g/mol. The lowest BCUT2D eigenvalue weighted by molar-refractivity contribution is -0.0783. The van der Waals surface area contributed by atoms with Crippen LogP contribution in [0.2, 0.25) is 0 Å². The van der Waals surface area contributed by atoms with Gasteiger partial charge in [-0.05, 0) is 33.6 Å². The van der Waals surface area contributed by atoms with Gasteiger partial charge >= 0.3 is 0 Å². The summed E-state index contributed by atoms with van der Waals surface area (Å²) in [5, 5.41) is 3.77. The Bertz CT molecular complexity index is 231. The number of rotatable bonds is 4. The standard InChI is InChI=1S/C15H30N2O/c1-12(9-16-15-7-5-4-6-8-15)17-10-13(2)18-14(3)11-17/h12-16H,4-11H2,1-3H3. The third-order valence-electron chi connectivity index (χ3n) is 4.38. The maximum atomic E-state index is 5.80. The van der Waals surface area contributed by atoms with Gasteiger partial charge < -0.3 is 10.1 Å². The number of hydrogen-bond donors (Lipinski definition) is 1. The number of nitrogens with zero attached hydrogens (tertiary/aromatic N) is 1. The van der Waals surface area contributed by atoms with Gasteiger partial charge in [0.25, 0.3) is 0 Å². The van der Waals surface area contributed by atoms with E-state index >= 15 is 0 Å². The molecule has 1 N–H and O–H groups in total. The van der Waals surface area contributed by atoms with Crippen molar-refractivity contribution in [2.75, 3.05) is 19.6 Å². The molecule has 3 atom stereocenters. The second kappa shape index (κ2) is 6.88. The van der Waals surface area contributed by atoms with E-state index in [0.29, 0.717) is 18.2 Å². The zero-order valence-electron chi connectivity index (χ0n) is 12.3. The van der Waals surface area contributed by atoms with Crippen LogP contribution in [-0.4, -0.2) is 48.8 Å². The quantitative estimate of drug-likeness (QED) is 0.834. The molecule has 1 heterocycles. The van der Waals surface area contributed by atoms with Gasteiger partial charge in [-0.1, -0.05) is 19.3 Å². The fraction of sp³-hybridized carbons (Fsp3) is 1.00. The van der Waals surface area contributed by atoms with Crippen molar-refractivity contribution in [2.45, 2.75) is 77.2 Å². The summed E-state index contributed by atoms with van der Waals surface area (Å²) < 4.78 is 5.80. The third-order valence-corrected chi connectivity index (χ3v) is 4.38. The average Bonchev–Trinajstić information content (AvgIpc) is 2.36. The van der Waals surface area contributed by atoms with Crippen molar-refractivity contribution in [1.29, 1.82) is 0 Å². The molecule has 3 nitrogen and oxygen atoms in total. The Morgan fingerprint density at radius 2 is 1.72 bits per heavy atom. The third kappa shape index (κ3) is 4.22. The molecular formula is C15H30N2O. The predicted octanol–water partition coefficient (Wildman–Crippen LogP) is 2.41. The van der Waals surface area contributed by atoms with E-state index in [9.17, 15) is 0 Å². The molecule has 1 aliphatic carbocycles. The molecule has 2 aliphatic rings. The number of ether oxygens (including phenoxy) is 1. The first-order chi connectivity index (χ1) is 8.65. The minimum atomic E-state index is 0.380. The SMILES string of the molecule is CC1CN(C(C)CNC2CCCCC2)CC(C)O1. The lowest BCUT2D eigenvalue weighted by atomic mass is 9.95. The molecule has 0 aromatic heterocycles. The molecule has 0 bridgehead atoms. The normalized spacial score (nSPS) is 33.5. The highest BCUT2D eigenvalue weighted by atomic mass is 16.5. The summed E-state index contributed by atoms with van der Waals surface area (Å²) in [5.41, 5.74) is 0. The molecule has 18 heavy (non-hydrogen) atoms. The van der Waals surface area contributed by atoms with Crippen molar-refractivity contribution in [1.82, 2.24) is 10.2 Å². The molecule has 0 aromatic rings. The van der Waals surface area contributed by atoms with Gasteiger partial charge in [0, 0.05) is 31.7 Å². The molecule has 0 amide bonds. The first kappa shape index (κ1) is 14.3. The summed E-state index contributed by atoms with van der Waals surface area (Å²) in [5.74, 6) is 0. The first-order valence-electron chi connectivity index (χ1n) is 7.78. The highest BCUT2D eigenvalue weighted by molar-refractivity contribution is 4.80. The monoisotopic (exact) mass is 254 g/mol. The van der Waals surface area contributed by atoms with E-state index in [2.05, 4.69) is 31.0 Å². The lowest BCUT2D eigenvalue weighted by Crippen LogP contribution is -2.52. The number of nitrogens with one attached hydrogen (secondary N) is 1. The van der Waals surface area contributed by atoms with Gasteiger partial charge in [-0.3, -0.25) is 4.90 Å². The molecule has 0 aromatic carbocycles. The van der Waals surface area contributed by atoms with E-state index in [1.165, 1.54) is 32.1 Å². The summed E-state index contributed by atoms with van der Waals surface area (Å²) in [6, 6.07) is 1.40. The van der Waals surface area contributed by atoms with Crippen LogP contribution in [0.3, 0.4) is 0 Å². The molecule has 0 radical (unpaired) electrons. The van der Waals surface area contributed by atoms with Crippen LogP contribution in [0.5, 0.6) is 0 Å². The van der Waals surface area contributed by atoms with Gasteiger partial charge in [0.05, 0.1) is 12.2 Å². The maximum Gasteiger partial charge on any atom is 0.0678 e. The number of hydrogen-bond acceptors (Lipinski definition) is 3. The van der Waals surface area contributed by atoms with E-state index in [0.717, 1.165) is 25.7 Å². The van der Waals surface area contributed by atoms with E-state index in [4.69, 9.17) is 4.74 Å². The van der Waals surface area contributed by atoms with Crippen LogP contribution in [0.25, 0.3) is 0 Å². The highest BCUT2D eigenvalue weighted by Gasteiger charge is 2.26. The van der Waals surface area contributed by atoms with Gasteiger partial charge in [0.1, 0.15) is 0 Å². The molecule has 3 unspecified atom stereocenters. The van der Waals surface area contributed by atoms with Gasteiger partial charge in [0.15, 0.2) is 0 Å². The number of morpholine rings is 1. The topological polar surface area (TPSA) is 24.5 Å². The maximum absolute atomic E-state index is 5.80. The molecule has 1 saturated heterocycles.